The highest BCUT2D eigenvalue weighted by Gasteiger charge is 2.13. The molecule has 0 unspecified atom stereocenters. The van der Waals surface area contributed by atoms with Crippen LogP contribution in [0, 0.1) is 5.82 Å². The van der Waals surface area contributed by atoms with Crippen molar-refractivity contribution in [3.63, 3.8) is 0 Å². The molecule has 5 rings (SSSR count). The average molecular weight is 417 g/mol. The Labute approximate surface area is 176 Å². The Morgan fingerprint density at radius 2 is 1.73 bits per heavy atom. The Morgan fingerprint density at radius 3 is 2.57 bits per heavy atom. The Kier molecular flexibility index (Phi) is 4.86. The van der Waals surface area contributed by atoms with Crippen LogP contribution in [0.1, 0.15) is 5.56 Å². The van der Waals surface area contributed by atoms with Gasteiger partial charge in [0.25, 0.3) is 0 Å². The van der Waals surface area contributed by atoms with Gasteiger partial charge < -0.3 is 9.47 Å². The molecule has 2 heterocycles. The second-order valence-corrected chi connectivity index (χ2v) is 7.38. The van der Waals surface area contributed by atoms with Crippen LogP contribution in [0.15, 0.2) is 88.4 Å². The van der Waals surface area contributed by atoms with Crippen LogP contribution in [0.5, 0.6) is 11.5 Å². The van der Waals surface area contributed by atoms with Crippen LogP contribution in [0.25, 0.3) is 16.9 Å². The number of aromatic nitrogens is 1. The number of rotatable bonds is 4. The molecule has 0 aliphatic carbocycles. The van der Waals surface area contributed by atoms with Gasteiger partial charge in [-0.05, 0) is 65.7 Å². The summed E-state index contributed by atoms with van der Waals surface area (Å²) in [5.41, 5.74) is 3.64. The molecule has 7 heteroatoms. The van der Waals surface area contributed by atoms with Gasteiger partial charge in [0.15, 0.2) is 11.5 Å². The molecule has 0 bridgehead atoms. The van der Waals surface area contributed by atoms with Gasteiger partial charge in [0.2, 0.25) is 11.6 Å². The first-order chi connectivity index (χ1) is 14.8. The maximum absolute atomic E-state index is 13.4. The van der Waals surface area contributed by atoms with E-state index in [1.165, 1.54) is 23.5 Å². The topological polar surface area (TPSA) is 48.1 Å². The van der Waals surface area contributed by atoms with Gasteiger partial charge in [0.1, 0.15) is 5.82 Å². The summed E-state index contributed by atoms with van der Waals surface area (Å²) in [5, 5.41) is 10.7. The molecule has 1 aliphatic rings. The van der Waals surface area contributed by atoms with Crippen LogP contribution >= 0.6 is 11.3 Å². The molecule has 5 nitrogen and oxygen atoms in total. The molecule has 30 heavy (non-hydrogen) atoms. The molecule has 3 aromatic carbocycles. The van der Waals surface area contributed by atoms with Crippen LogP contribution in [0.4, 0.5) is 4.39 Å². The molecule has 0 spiro atoms. The number of nitrogens with zero attached hydrogens (tertiary/aromatic N) is 3. The highest BCUT2D eigenvalue weighted by molar-refractivity contribution is 7.07. The zero-order valence-corrected chi connectivity index (χ0v) is 16.6. The van der Waals surface area contributed by atoms with E-state index in [4.69, 9.17) is 9.47 Å². The van der Waals surface area contributed by atoms with Gasteiger partial charge in [-0.1, -0.05) is 18.2 Å². The summed E-state index contributed by atoms with van der Waals surface area (Å²) in [5.74, 6) is 1.17. The lowest BCUT2D eigenvalue weighted by Crippen LogP contribution is -2.13. The van der Waals surface area contributed by atoms with Crippen molar-refractivity contribution in [2.24, 2.45) is 10.2 Å². The van der Waals surface area contributed by atoms with E-state index in [2.05, 4.69) is 10.2 Å². The number of ether oxygens (including phenoxy) is 2. The predicted molar refractivity (Wildman–Crippen MR) is 115 cm³/mol. The summed E-state index contributed by atoms with van der Waals surface area (Å²) in [7, 11) is 0. The van der Waals surface area contributed by atoms with Crippen molar-refractivity contribution in [3.8, 4) is 28.4 Å². The molecule has 0 saturated heterocycles. The van der Waals surface area contributed by atoms with Crippen LogP contribution in [-0.4, -0.2) is 17.6 Å². The second kappa shape index (κ2) is 7.96. The Balaban J connectivity index is 1.55. The van der Waals surface area contributed by atoms with Gasteiger partial charge in [-0.3, -0.25) is 4.57 Å². The third-order valence-corrected chi connectivity index (χ3v) is 5.43. The highest BCUT2D eigenvalue weighted by atomic mass is 32.1. The van der Waals surface area contributed by atoms with E-state index in [-0.39, 0.29) is 12.6 Å². The fourth-order valence-electron chi connectivity index (χ4n) is 3.17. The lowest BCUT2D eigenvalue weighted by atomic mass is 10.1. The minimum absolute atomic E-state index is 0.235. The van der Waals surface area contributed by atoms with Crippen molar-refractivity contribution in [2.45, 2.75) is 0 Å². The summed E-state index contributed by atoms with van der Waals surface area (Å²) in [6, 6.07) is 21.9. The van der Waals surface area contributed by atoms with Crippen molar-refractivity contribution in [1.82, 2.24) is 4.57 Å². The molecule has 4 aromatic rings. The second-order valence-electron chi connectivity index (χ2n) is 6.54. The minimum Gasteiger partial charge on any atom is -0.454 e. The zero-order valence-electron chi connectivity index (χ0n) is 15.7. The van der Waals surface area contributed by atoms with Crippen molar-refractivity contribution in [2.75, 3.05) is 6.79 Å². The van der Waals surface area contributed by atoms with E-state index in [9.17, 15) is 4.39 Å². The average Bonchev–Trinajstić information content (AvgIpc) is 3.42. The molecule has 0 N–H and O–H groups in total. The summed E-state index contributed by atoms with van der Waals surface area (Å²) in [6.07, 6.45) is 1.68. The predicted octanol–water partition coefficient (Wildman–Crippen LogP) is 5.01. The first kappa shape index (κ1) is 18.3. The van der Waals surface area contributed by atoms with Crippen molar-refractivity contribution < 1.29 is 13.9 Å². The van der Waals surface area contributed by atoms with Crippen molar-refractivity contribution >= 4 is 17.6 Å². The smallest absolute Gasteiger partial charge is 0.231 e. The summed E-state index contributed by atoms with van der Waals surface area (Å²) < 4.78 is 26.1. The third-order valence-electron chi connectivity index (χ3n) is 4.61. The number of fused-ring (bicyclic) bond motifs is 1. The molecule has 148 valence electrons. The molecule has 0 radical (unpaired) electrons. The van der Waals surface area contributed by atoms with E-state index in [1.807, 2.05) is 58.5 Å². The highest BCUT2D eigenvalue weighted by Crippen LogP contribution is 2.32. The summed E-state index contributed by atoms with van der Waals surface area (Å²) in [6.45, 7) is 0.235. The summed E-state index contributed by atoms with van der Waals surface area (Å²) >= 11 is 1.47. The number of thiazole rings is 1. The van der Waals surface area contributed by atoms with Crippen LogP contribution in [0.2, 0.25) is 0 Å². The largest absolute Gasteiger partial charge is 0.454 e. The molecule has 0 amide bonds. The third kappa shape index (κ3) is 3.62. The first-order valence-electron chi connectivity index (χ1n) is 9.26. The van der Waals surface area contributed by atoms with Gasteiger partial charge in [0, 0.05) is 11.1 Å². The maximum Gasteiger partial charge on any atom is 0.231 e. The number of halogens is 1. The number of hydrogen-bond donors (Lipinski definition) is 0. The van der Waals surface area contributed by atoms with E-state index in [0.717, 1.165) is 28.3 Å². The Morgan fingerprint density at radius 1 is 0.933 bits per heavy atom. The monoisotopic (exact) mass is 417 g/mol. The zero-order chi connectivity index (χ0) is 20.3. The van der Waals surface area contributed by atoms with Crippen LogP contribution < -0.4 is 14.3 Å². The standard InChI is InChI=1S/C23H16FN3O2S/c24-18-9-7-17(8-10-18)20-14-30-23(27(20)19-4-2-1-3-5-19)26-25-13-16-6-11-21-22(12-16)29-15-28-21/h1-14H,15H2/b25-13+,26-23-. The molecule has 1 aliphatic heterocycles. The Hall–Kier alpha value is -3.71. The van der Waals surface area contributed by atoms with Gasteiger partial charge in [0.05, 0.1) is 11.9 Å². The summed E-state index contributed by atoms with van der Waals surface area (Å²) in [4.78, 5) is 0.706. The van der Waals surface area contributed by atoms with Gasteiger partial charge >= 0.3 is 0 Å². The minimum atomic E-state index is -0.265. The van der Waals surface area contributed by atoms with Gasteiger partial charge in [-0.15, -0.1) is 16.4 Å². The van der Waals surface area contributed by atoms with Crippen molar-refractivity contribution in [3.05, 3.63) is 94.4 Å². The van der Waals surface area contributed by atoms with E-state index in [0.29, 0.717) is 10.6 Å². The fraction of sp³-hybridized carbons (Fsp3) is 0.0435. The van der Waals surface area contributed by atoms with Gasteiger partial charge in [-0.25, -0.2) is 4.39 Å². The number of hydrogen-bond acceptors (Lipinski definition) is 5. The molecular weight excluding hydrogens is 401 g/mol. The molecular formula is C23H16FN3O2S. The first-order valence-corrected chi connectivity index (χ1v) is 10.1. The van der Waals surface area contributed by atoms with Crippen LogP contribution in [0.3, 0.4) is 0 Å². The van der Waals surface area contributed by atoms with Crippen LogP contribution in [-0.2, 0) is 0 Å². The lowest BCUT2D eigenvalue weighted by molar-refractivity contribution is 0.174. The van der Waals surface area contributed by atoms with E-state index in [1.54, 1.807) is 18.3 Å². The van der Waals surface area contributed by atoms with Crippen molar-refractivity contribution in [1.29, 1.82) is 0 Å². The molecule has 1 aromatic heterocycles. The quantitative estimate of drug-likeness (QED) is 0.346. The number of para-hydroxylation sites is 1. The SMILES string of the molecule is Fc1ccc(-c2cs/c(=N\N=C\c3ccc4c(c3)OCO4)n2-c2ccccc2)cc1. The van der Waals surface area contributed by atoms with Gasteiger partial charge in [-0.2, -0.15) is 5.10 Å². The lowest BCUT2D eigenvalue weighted by Gasteiger charge is -2.08. The Bertz CT molecular complexity index is 1280. The fourth-order valence-corrected chi connectivity index (χ4v) is 4.03. The molecule has 0 fully saturated rings. The normalized spacial score (nSPS) is 13.3. The maximum atomic E-state index is 13.4. The molecule has 0 saturated carbocycles. The number of benzene rings is 3. The van der Waals surface area contributed by atoms with E-state index < -0.39 is 0 Å². The van der Waals surface area contributed by atoms with E-state index >= 15 is 0 Å². The molecule has 0 atom stereocenters.